The molecule has 0 radical (unpaired) electrons. The van der Waals surface area contributed by atoms with Crippen molar-refractivity contribution in [2.24, 2.45) is 0 Å². The van der Waals surface area contributed by atoms with Gasteiger partial charge in [0.1, 0.15) is 0 Å². The van der Waals surface area contributed by atoms with Crippen LogP contribution in [0.4, 0.5) is 0 Å². The molecule has 2 aliphatic rings. The summed E-state index contributed by atoms with van der Waals surface area (Å²) in [5.74, 6) is 0. The van der Waals surface area contributed by atoms with Gasteiger partial charge >= 0.3 is 0 Å². The first-order chi connectivity index (χ1) is 45.8. The van der Waals surface area contributed by atoms with E-state index in [1.54, 1.807) is 0 Å². The van der Waals surface area contributed by atoms with Gasteiger partial charge in [-0.3, -0.25) is 0 Å². The summed E-state index contributed by atoms with van der Waals surface area (Å²) in [4.78, 5) is 2.90. The Morgan fingerprint density at radius 2 is 0.570 bits per heavy atom. The Balaban J connectivity index is 0.930. The first-order valence-electron chi connectivity index (χ1n) is 36.6. The van der Waals surface area contributed by atoms with Crippen LogP contribution in [0, 0.1) is 6.92 Å². The third kappa shape index (κ3) is 14.1. The lowest BCUT2D eigenvalue weighted by Crippen LogP contribution is -2.30. The molecule has 6 heterocycles. The molecule has 1 atom stereocenters. The van der Waals surface area contributed by atoms with Crippen molar-refractivity contribution in [2.75, 3.05) is 0 Å². The zero-order valence-electron chi connectivity index (χ0n) is 56.1. The average molecular weight is 1470 g/mol. The Hall–Kier alpha value is -3.70. The molecular formula is C85H98Br2S6. The van der Waals surface area contributed by atoms with Gasteiger partial charge in [-0.05, 0) is 163 Å². The molecule has 0 spiro atoms. The Kier molecular flexibility index (Phi) is 23.3. The lowest BCUT2D eigenvalue weighted by molar-refractivity contribution is 0.556. The second-order valence-electron chi connectivity index (χ2n) is 27.8. The van der Waals surface area contributed by atoms with Gasteiger partial charge in [0.25, 0.3) is 0 Å². The van der Waals surface area contributed by atoms with Crippen LogP contribution in [-0.2, 0) is 30.1 Å². The lowest BCUT2D eigenvalue weighted by atomic mass is 9.65. The number of hydrogen-bond donors (Lipinski definition) is 0. The van der Waals surface area contributed by atoms with Crippen LogP contribution < -0.4 is 0 Å². The number of benzene rings is 5. The molecule has 0 amide bonds. The largest absolute Gasteiger partial charge is 0.133 e. The molecule has 0 N–H and O–H groups in total. The van der Waals surface area contributed by atoms with Crippen molar-refractivity contribution in [3.63, 3.8) is 0 Å². The van der Waals surface area contributed by atoms with Crippen LogP contribution in [0.2, 0.25) is 0 Å². The van der Waals surface area contributed by atoms with E-state index in [1.165, 1.54) is 325 Å². The summed E-state index contributed by atoms with van der Waals surface area (Å²) in [6.07, 6.45) is 44.3. The number of fused-ring (bicyclic) bond motifs is 14. The number of halogens is 2. The minimum atomic E-state index is -0.542. The van der Waals surface area contributed by atoms with Crippen molar-refractivity contribution >= 4 is 137 Å². The number of thiophene rings is 6. The summed E-state index contributed by atoms with van der Waals surface area (Å²) in [7, 11) is 0. The Labute approximate surface area is 598 Å². The SMILES string of the molecule is CCCCCCCCCCCCc1ccc(C2(c3ccc(C)cc3)c3cc4c(cc3-c3sc5c(sc6cc(Br)sc65)c32)C(c2ccc(CCCCCCCCCCCC)cc2)(c2ccc(CCCCCCCCCCCC)cc2)c2c-4sc3c2sc2cc(Br)sc23)cc1. The molecule has 0 aliphatic heterocycles. The molecule has 0 saturated carbocycles. The fourth-order valence-electron chi connectivity index (χ4n) is 16.2. The standard InChI is InChI=1S/C85H98Br2S6/c1-5-8-11-14-17-20-23-26-29-32-35-59-40-48-63(49-41-59)84(62-46-38-58(4)39-47-62)68-54-67-69(55-66(68)76-74(84)80-82(92-76)78-70(88-80)56-72(86)90-78)85(75-77(67)93-83-79-71(89-81(75)83)57-73(87)91-79,64-50-42-60(43-51-64)36-33-30-27-24-21-18-15-12-9-6-2)65-52-44-61(45-53-65)37-34-31-28-25-22-19-16-13-10-7-3/h38-57H,5-37H2,1-4H3. The smallest absolute Gasteiger partial charge is 0.0736 e. The highest BCUT2D eigenvalue weighted by atomic mass is 79.9. The molecule has 13 rings (SSSR count). The Morgan fingerprint density at radius 1 is 0.290 bits per heavy atom. The van der Waals surface area contributed by atoms with E-state index in [2.05, 4.69) is 204 Å². The van der Waals surface area contributed by atoms with E-state index in [0.717, 1.165) is 19.3 Å². The van der Waals surface area contributed by atoms with Gasteiger partial charge < -0.3 is 0 Å². The molecule has 0 nitrogen and oxygen atoms in total. The normalized spacial score (nSPS) is 14.8. The topological polar surface area (TPSA) is 0 Å². The van der Waals surface area contributed by atoms with Crippen LogP contribution in [0.5, 0.6) is 0 Å². The molecule has 5 aromatic carbocycles. The molecule has 488 valence electrons. The van der Waals surface area contributed by atoms with Crippen molar-refractivity contribution in [2.45, 2.75) is 250 Å². The van der Waals surface area contributed by atoms with Gasteiger partial charge in [0.2, 0.25) is 0 Å². The monoisotopic (exact) mass is 1470 g/mol. The van der Waals surface area contributed by atoms with Crippen LogP contribution in [0.1, 0.15) is 280 Å². The molecule has 93 heavy (non-hydrogen) atoms. The van der Waals surface area contributed by atoms with Gasteiger partial charge in [0, 0.05) is 30.3 Å². The highest BCUT2D eigenvalue weighted by molar-refractivity contribution is 9.11. The molecule has 0 fully saturated rings. The van der Waals surface area contributed by atoms with Gasteiger partial charge in [0.15, 0.2) is 0 Å². The van der Waals surface area contributed by atoms with Crippen molar-refractivity contribution in [1.29, 1.82) is 0 Å². The van der Waals surface area contributed by atoms with Crippen molar-refractivity contribution in [1.82, 2.24) is 0 Å². The van der Waals surface area contributed by atoms with Crippen molar-refractivity contribution in [3.8, 4) is 20.9 Å². The van der Waals surface area contributed by atoms with E-state index in [-0.39, 0.29) is 0 Å². The second-order valence-corrected chi connectivity index (χ2v) is 36.8. The fourth-order valence-corrected chi connectivity index (χ4v) is 26.2. The third-order valence-electron chi connectivity index (χ3n) is 21.2. The van der Waals surface area contributed by atoms with Gasteiger partial charge in [-0.15, -0.1) is 68.0 Å². The molecule has 11 aromatic rings. The highest BCUT2D eigenvalue weighted by Gasteiger charge is 2.54. The maximum absolute atomic E-state index is 3.97. The summed E-state index contributed by atoms with van der Waals surface area (Å²) in [6.45, 7) is 9.22. The molecule has 6 aromatic heterocycles. The van der Waals surface area contributed by atoms with Gasteiger partial charge in [-0.1, -0.05) is 297 Å². The van der Waals surface area contributed by atoms with E-state index in [4.69, 9.17) is 0 Å². The summed E-state index contributed by atoms with van der Waals surface area (Å²) >= 11 is 20.0. The minimum Gasteiger partial charge on any atom is -0.133 e. The number of rotatable bonds is 37. The highest BCUT2D eigenvalue weighted by Crippen LogP contribution is 2.69. The lowest BCUT2D eigenvalue weighted by Gasteiger charge is -2.36. The average Bonchev–Trinajstić information content (AvgIpc) is 1.53. The predicted molar refractivity (Wildman–Crippen MR) is 425 cm³/mol. The molecular weight excluding hydrogens is 1370 g/mol. The maximum atomic E-state index is 3.97. The van der Waals surface area contributed by atoms with Gasteiger partial charge in [0.05, 0.1) is 46.6 Å². The van der Waals surface area contributed by atoms with E-state index in [9.17, 15) is 0 Å². The summed E-state index contributed by atoms with van der Waals surface area (Å²) in [5.41, 5.74) is 18.9. The summed E-state index contributed by atoms with van der Waals surface area (Å²) < 4.78 is 13.9. The van der Waals surface area contributed by atoms with E-state index < -0.39 is 10.8 Å². The molecule has 2 aliphatic carbocycles. The van der Waals surface area contributed by atoms with Gasteiger partial charge in [-0.2, -0.15) is 0 Å². The minimum absolute atomic E-state index is 0.538. The fraction of sp³-hybridized carbons (Fsp3) is 0.459. The van der Waals surface area contributed by atoms with E-state index >= 15 is 0 Å². The van der Waals surface area contributed by atoms with Crippen LogP contribution >= 0.6 is 99.9 Å². The molecule has 8 heteroatoms. The summed E-state index contributed by atoms with van der Waals surface area (Å²) in [5, 5.41) is 0. The van der Waals surface area contributed by atoms with Crippen LogP contribution in [0.25, 0.3) is 58.5 Å². The Bertz CT molecular complexity index is 4150. The van der Waals surface area contributed by atoms with E-state index in [1.807, 2.05) is 45.3 Å². The molecule has 1 unspecified atom stereocenters. The first-order valence-corrected chi connectivity index (χ1v) is 43.1. The van der Waals surface area contributed by atoms with Crippen LogP contribution in [0.3, 0.4) is 0 Å². The summed E-state index contributed by atoms with van der Waals surface area (Å²) in [6, 6.07) is 50.7. The predicted octanol–water partition coefficient (Wildman–Crippen LogP) is 30.6. The van der Waals surface area contributed by atoms with Crippen molar-refractivity contribution in [3.05, 3.63) is 196 Å². The molecule has 0 saturated heterocycles. The second kappa shape index (κ2) is 31.9. The van der Waals surface area contributed by atoms with Crippen LogP contribution in [-0.4, -0.2) is 0 Å². The van der Waals surface area contributed by atoms with Crippen molar-refractivity contribution < 1.29 is 0 Å². The quantitative estimate of drug-likeness (QED) is 0.0341. The number of aryl methyl sites for hydroxylation is 4. The Morgan fingerprint density at radius 3 is 0.871 bits per heavy atom. The third-order valence-corrected chi connectivity index (χ3v) is 30.1. The zero-order valence-corrected chi connectivity index (χ0v) is 64.2. The van der Waals surface area contributed by atoms with Gasteiger partial charge in [-0.25, -0.2) is 0 Å². The number of hydrogen-bond acceptors (Lipinski definition) is 6. The zero-order chi connectivity index (χ0) is 63.7. The first kappa shape index (κ1) is 67.9. The van der Waals surface area contributed by atoms with E-state index in [0.29, 0.717) is 0 Å². The van der Waals surface area contributed by atoms with Crippen LogP contribution in [0.15, 0.2) is 129 Å². The molecule has 0 bridgehead atoms. The number of unbranched alkanes of at least 4 members (excludes halogenated alkanes) is 27. The maximum Gasteiger partial charge on any atom is 0.0736 e.